The second-order valence-electron chi connectivity index (χ2n) is 5.78. The van der Waals surface area contributed by atoms with Crippen LogP contribution in [0.15, 0.2) is 64.8 Å². The second kappa shape index (κ2) is 9.70. The number of aromatic nitrogens is 2. The first-order chi connectivity index (χ1) is 14.2. The van der Waals surface area contributed by atoms with E-state index in [4.69, 9.17) is 15.2 Å². The molecule has 0 unspecified atom stereocenters. The van der Waals surface area contributed by atoms with Crippen molar-refractivity contribution < 1.29 is 9.47 Å². The monoisotopic (exact) mass is 391 g/mol. The van der Waals surface area contributed by atoms with E-state index in [1.54, 1.807) is 32.7 Å². The lowest BCUT2D eigenvalue weighted by Crippen LogP contribution is -2.03. The van der Waals surface area contributed by atoms with Gasteiger partial charge in [-0.15, -0.1) is 0 Å². The average Bonchev–Trinajstić information content (AvgIpc) is 2.74. The molecule has 0 aliphatic carbocycles. The number of hydrazone groups is 2. The van der Waals surface area contributed by atoms with Crippen molar-refractivity contribution in [2.75, 3.05) is 30.8 Å². The van der Waals surface area contributed by atoms with Crippen LogP contribution in [-0.2, 0) is 0 Å². The van der Waals surface area contributed by atoms with Crippen molar-refractivity contribution >= 4 is 30.0 Å². The molecule has 3 rings (SSSR count). The molecule has 9 nitrogen and oxygen atoms in total. The Hall–Kier alpha value is -4.14. The van der Waals surface area contributed by atoms with Gasteiger partial charge in [-0.1, -0.05) is 0 Å². The van der Waals surface area contributed by atoms with Gasteiger partial charge in [0.25, 0.3) is 0 Å². The number of ether oxygens (including phenoxy) is 2. The van der Waals surface area contributed by atoms with Crippen LogP contribution in [0, 0.1) is 0 Å². The summed E-state index contributed by atoms with van der Waals surface area (Å²) in [6.07, 6.45) is 3.32. The van der Waals surface area contributed by atoms with E-state index in [1.165, 1.54) is 0 Å². The van der Waals surface area contributed by atoms with Gasteiger partial charge >= 0.3 is 0 Å². The van der Waals surface area contributed by atoms with E-state index in [9.17, 15) is 0 Å². The highest BCUT2D eigenvalue weighted by molar-refractivity contribution is 5.81. The first-order valence-corrected chi connectivity index (χ1v) is 8.67. The first-order valence-electron chi connectivity index (χ1n) is 8.67. The molecule has 0 saturated carbocycles. The maximum Gasteiger partial charge on any atom is 0.224 e. The summed E-state index contributed by atoms with van der Waals surface area (Å²) in [7, 11) is 3.24. The van der Waals surface area contributed by atoms with E-state index in [0.29, 0.717) is 11.6 Å². The molecule has 0 fully saturated rings. The SMILES string of the molecule is COc1ccc(/C=N/Nc2cc(N/N=C/c3ccc(OC)cc3)nc(N)n2)cc1. The lowest BCUT2D eigenvalue weighted by molar-refractivity contribution is 0.414. The molecule has 2 aromatic carbocycles. The minimum absolute atomic E-state index is 0.0943. The Balaban J connectivity index is 1.60. The van der Waals surface area contributed by atoms with E-state index in [0.717, 1.165) is 22.6 Å². The molecule has 0 atom stereocenters. The van der Waals surface area contributed by atoms with Crippen molar-refractivity contribution in [1.29, 1.82) is 0 Å². The molecule has 0 aliphatic rings. The van der Waals surface area contributed by atoms with Crippen molar-refractivity contribution in [2.24, 2.45) is 10.2 Å². The number of rotatable bonds is 8. The highest BCUT2D eigenvalue weighted by Crippen LogP contribution is 2.14. The molecule has 0 saturated heterocycles. The van der Waals surface area contributed by atoms with Crippen LogP contribution in [0.2, 0.25) is 0 Å². The maximum absolute atomic E-state index is 5.76. The summed E-state index contributed by atoms with van der Waals surface area (Å²) in [6, 6.07) is 16.6. The first kappa shape index (κ1) is 19.6. The predicted octanol–water partition coefficient (Wildman–Crippen LogP) is 2.97. The van der Waals surface area contributed by atoms with E-state index >= 15 is 0 Å². The summed E-state index contributed by atoms with van der Waals surface area (Å²) in [4.78, 5) is 8.19. The van der Waals surface area contributed by atoms with Crippen LogP contribution in [0.5, 0.6) is 11.5 Å². The highest BCUT2D eigenvalue weighted by Gasteiger charge is 2.01. The smallest absolute Gasteiger partial charge is 0.224 e. The summed E-state index contributed by atoms with van der Waals surface area (Å²) < 4.78 is 10.3. The normalized spacial score (nSPS) is 11.0. The molecular formula is C20H21N7O2. The predicted molar refractivity (Wildman–Crippen MR) is 115 cm³/mol. The molecule has 148 valence electrons. The Kier molecular flexibility index (Phi) is 6.56. The number of anilines is 3. The molecule has 0 spiro atoms. The summed E-state index contributed by atoms with van der Waals surface area (Å²) in [5.74, 6) is 2.53. The van der Waals surface area contributed by atoms with Crippen LogP contribution in [0.25, 0.3) is 0 Å². The summed E-state index contributed by atoms with van der Waals surface area (Å²) >= 11 is 0. The van der Waals surface area contributed by atoms with Gasteiger partial charge in [0, 0.05) is 6.07 Å². The van der Waals surface area contributed by atoms with Crippen molar-refractivity contribution in [1.82, 2.24) is 9.97 Å². The molecule has 0 radical (unpaired) electrons. The van der Waals surface area contributed by atoms with Gasteiger partial charge in [-0.05, 0) is 59.7 Å². The Morgan fingerprint density at radius 3 is 1.55 bits per heavy atom. The van der Waals surface area contributed by atoms with Crippen LogP contribution < -0.4 is 26.1 Å². The largest absolute Gasteiger partial charge is 0.497 e. The van der Waals surface area contributed by atoms with Gasteiger partial charge in [0.1, 0.15) is 11.5 Å². The van der Waals surface area contributed by atoms with E-state index in [2.05, 4.69) is 31.0 Å². The van der Waals surface area contributed by atoms with Crippen molar-refractivity contribution in [3.8, 4) is 11.5 Å². The number of nitrogen functional groups attached to an aromatic ring is 1. The third kappa shape index (κ3) is 5.93. The molecule has 29 heavy (non-hydrogen) atoms. The van der Waals surface area contributed by atoms with E-state index < -0.39 is 0 Å². The van der Waals surface area contributed by atoms with Crippen LogP contribution in [-0.4, -0.2) is 36.6 Å². The quantitative estimate of drug-likeness (QED) is 0.399. The molecule has 0 aliphatic heterocycles. The van der Waals surface area contributed by atoms with Crippen molar-refractivity contribution in [2.45, 2.75) is 0 Å². The number of benzene rings is 2. The molecule has 4 N–H and O–H groups in total. The van der Waals surface area contributed by atoms with Crippen LogP contribution in [0.4, 0.5) is 17.6 Å². The number of nitrogens with two attached hydrogens (primary N) is 1. The fourth-order valence-electron chi connectivity index (χ4n) is 2.31. The van der Waals surface area contributed by atoms with Gasteiger partial charge in [-0.25, -0.2) is 0 Å². The number of hydrogen-bond donors (Lipinski definition) is 3. The molecule has 1 aromatic heterocycles. The summed E-state index contributed by atoms with van der Waals surface area (Å²) in [5, 5.41) is 8.31. The van der Waals surface area contributed by atoms with Gasteiger partial charge in [0.05, 0.1) is 26.6 Å². The standard InChI is InChI=1S/C20H21N7O2/c1-28-16-7-3-14(4-8-16)12-22-26-18-11-19(25-20(21)24-18)27-23-13-15-5-9-17(29-2)10-6-15/h3-13H,1-2H3,(H4,21,24,25,26,27)/b22-12+,23-13+. The van der Waals surface area contributed by atoms with Gasteiger partial charge in [0.15, 0.2) is 11.6 Å². The van der Waals surface area contributed by atoms with E-state index in [-0.39, 0.29) is 5.95 Å². The Bertz CT molecular complexity index is 909. The van der Waals surface area contributed by atoms with Crippen LogP contribution in [0.1, 0.15) is 11.1 Å². The average molecular weight is 391 g/mol. The fourth-order valence-corrected chi connectivity index (χ4v) is 2.31. The highest BCUT2D eigenvalue weighted by atomic mass is 16.5. The molecule has 0 amide bonds. The molecular weight excluding hydrogens is 370 g/mol. The van der Waals surface area contributed by atoms with Crippen LogP contribution >= 0.6 is 0 Å². The summed E-state index contributed by atoms with van der Waals surface area (Å²) in [5.41, 5.74) is 13.2. The van der Waals surface area contributed by atoms with E-state index in [1.807, 2.05) is 48.5 Å². The topological polar surface area (TPSA) is 119 Å². The zero-order valence-corrected chi connectivity index (χ0v) is 16.0. The summed E-state index contributed by atoms with van der Waals surface area (Å²) in [6.45, 7) is 0. The fraction of sp³-hybridized carbons (Fsp3) is 0.100. The third-order valence-corrected chi connectivity index (χ3v) is 3.76. The zero-order chi connectivity index (χ0) is 20.5. The maximum atomic E-state index is 5.76. The Morgan fingerprint density at radius 2 is 1.17 bits per heavy atom. The molecule has 3 aromatic rings. The molecule has 0 bridgehead atoms. The van der Waals surface area contributed by atoms with Gasteiger partial charge in [-0.3, -0.25) is 10.9 Å². The van der Waals surface area contributed by atoms with Crippen LogP contribution in [0.3, 0.4) is 0 Å². The number of nitrogens with one attached hydrogen (secondary N) is 2. The third-order valence-electron chi connectivity index (χ3n) is 3.76. The van der Waals surface area contributed by atoms with Gasteiger partial charge in [-0.2, -0.15) is 20.2 Å². The Morgan fingerprint density at radius 1 is 0.759 bits per heavy atom. The van der Waals surface area contributed by atoms with Crippen molar-refractivity contribution in [3.63, 3.8) is 0 Å². The number of nitrogens with zero attached hydrogens (tertiary/aromatic N) is 4. The second-order valence-corrected chi connectivity index (χ2v) is 5.78. The van der Waals surface area contributed by atoms with Crippen molar-refractivity contribution in [3.05, 3.63) is 65.7 Å². The molecule has 9 heteroatoms. The number of methoxy groups -OCH3 is 2. The minimum atomic E-state index is 0.0943. The zero-order valence-electron chi connectivity index (χ0n) is 16.0. The lowest BCUT2D eigenvalue weighted by atomic mass is 10.2. The van der Waals surface area contributed by atoms with Gasteiger partial charge < -0.3 is 15.2 Å². The Labute approximate surface area is 168 Å². The minimum Gasteiger partial charge on any atom is -0.497 e. The lowest BCUT2D eigenvalue weighted by Gasteiger charge is -2.05. The molecule has 1 heterocycles. The van der Waals surface area contributed by atoms with Gasteiger partial charge in [0.2, 0.25) is 5.95 Å². The number of hydrogen-bond acceptors (Lipinski definition) is 9.